The predicted octanol–water partition coefficient (Wildman–Crippen LogP) is 2.67. The number of likely N-dealkylation sites (tertiary alicyclic amines) is 1. The van der Waals surface area contributed by atoms with Crippen LogP contribution in [0.25, 0.3) is 0 Å². The van der Waals surface area contributed by atoms with Gasteiger partial charge in [0.15, 0.2) is 0 Å². The number of hydrogen-bond donors (Lipinski definition) is 1. The molecule has 2 N–H and O–H groups in total. The number of rotatable bonds is 3. The minimum Gasteiger partial charge on any atom is -0.490 e. The van der Waals surface area contributed by atoms with Crippen molar-refractivity contribution in [2.24, 2.45) is 11.1 Å². The summed E-state index contributed by atoms with van der Waals surface area (Å²) in [6.07, 6.45) is 0.886. The molecular formula is C17H26N2O2. The molecule has 1 aromatic rings. The lowest BCUT2D eigenvalue weighted by Gasteiger charge is -2.42. The molecule has 21 heavy (non-hydrogen) atoms. The van der Waals surface area contributed by atoms with Gasteiger partial charge in [0.05, 0.1) is 11.7 Å². The molecule has 4 nitrogen and oxygen atoms in total. The molecule has 1 aromatic carbocycles. The molecule has 1 aliphatic rings. The molecule has 1 aliphatic heterocycles. The Labute approximate surface area is 127 Å². The lowest BCUT2D eigenvalue weighted by Crippen LogP contribution is -2.54. The molecule has 1 atom stereocenters. The average Bonchev–Trinajstić information content (AvgIpc) is 2.41. The average molecular weight is 290 g/mol. The van der Waals surface area contributed by atoms with E-state index in [9.17, 15) is 4.79 Å². The molecule has 0 aromatic heterocycles. The smallest absolute Gasteiger partial charge is 0.257 e. The largest absolute Gasteiger partial charge is 0.490 e. The van der Waals surface area contributed by atoms with E-state index in [4.69, 9.17) is 10.5 Å². The van der Waals surface area contributed by atoms with Crippen LogP contribution in [0.4, 0.5) is 0 Å². The first-order chi connectivity index (χ1) is 9.81. The Morgan fingerprint density at radius 2 is 2.05 bits per heavy atom. The lowest BCUT2D eigenvalue weighted by molar-refractivity contribution is 0.0528. The zero-order chi connectivity index (χ0) is 15.6. The molecule has 0 saturated carbocycles. The molecule has 1 amide bonds. The highest BCUT2D eigenvalue weighted by atomic mass is 16.5. The second kappa shape index (κ2) is 6.06. The molecule has 116 valence electrons. The van der Waals surface area contributed by atoms with Crippen molar-refractivity contribution in [1.82, 2.24) is 4.90 Å². The highest BCUT2D eigenvalue weighted by molar-refractivity contribution is 5.97. The second-order valence-corrected chi connectivity index (χ2v) is 6.77. The molecule has 4 heteroatoms. The van der Waals surface area contributed by atoms with Crippen LogP contribution in [0, 0.1) is 5.41 Å². The Balaban J connectivity index is 2.21. The third kappa shape index (κ3) is 3.56. The molecule has 2 rings (SSSR count). The van der Waals surface area contributed by atoms with Gasteiger partial charge < -0.3 is 15.4 Å². The van der Waals surface area contributed by atoms with E-state index in [0.29, 0.717) is 24.4 Å². The van der Waals surface area contributed by atoms with Gasteiger partial charge in [0, 0.05) is 19.1 Å². The van der Waals surface area contributed by atoms with Crippen LogP contribution in [0.2, 0.25) is 0 Å². The summed E-state index contributed by atoms with van der Waals surface area (Å²) >= 11 is 0. The number of carbonyl (C=O) groups excluding carboxylic acids is 1. The van der Waals surface area contributed by atoms with Crippen molar-refractivity contribution >= 4 is 5.91 Å². The van der Waals surface area contributed by atoms with Gasteiger partial charge >= 0.3 is 0 Å². The first kappa shape index (κ1) is 15.8. The Morgan fingerprint density at radius 3 is 2.67 bits per heavy atom. The maximum Gasteiger partial charge on any atom is 0.257 e. The standard InChI is InChI=1S/C17H26N2O2/c1-12(2)21-14-8-6-5-7-13(14)16(20)19-10-9-15(18)17(3,4)11-19/h5-8,12,15H,9-11,18H2,1-4H3. The summed E-state index contributed by atoms with van der Waals surface area (Å²) < 4.78 is 5.76. The van der Waals surface area contributed by atoms with E-state index < -0.39 is 0 Å². The Kier molecular flexibility index (Phi) is 4.57. The molecule has 1 heterocycles. The quantitative estimate of drug-likeness (QED) is 0.931. The van der Waals surface area contributed by atoms with Crippen molar-refractivity contribution in [1.29, 1.82) is 0 Å². The van der Waals surface area contributed by atoms with E-state index in [1.54, 1.807) is 0 Å². The van der Waals surface area contributed by atoms with Crippen molar-refractivity contribution < 1.29 is 9.53 Å². The maximum atomic E-state index is 12.8. The normalized spacial score (nSPS) is 21.4. The van der Waals surface area contributed by atoms with Gasteiger partial charge in [-0.2, -0.15) is 0 Å². The van der Waals surface area contributed by atoms with Crippen LogP contribution in [0.1, 0.15) is 44.5 Å². The van der Waals surface area contributed by atoms with E-state index in [0.717, 1.165) is 6.42 Å². The number of para-hydroxylation sites is 1. The summed E-state index contributed by atoms with van der Waals surface area (Å²) in [5, 5.41) is 0. The molecule has 0 bridgehead atoms. The summed E-state index contributed by atoms with van der Waals surface area (Å²) in [6.45, 7) is 9.55. The van der Waals surface area contributed by atoms with Gasteiger partial charge in [-0.3, -0.25) is 4.79 Å². The zero-order valence-electron chi connectivity index (χ0n) is 13.4. The number of benzene rings is 1. The summed E-state index contributed by atoms with van der Waals surface area (Å²) in [6, 6.07) is 7.60. The van der Waals surface area contributed by atoms with E-state index >= 15 is 0 Å². The van der Waals surface area contributed by atoms with Gasteiger partial charge in [-0.05, 0) is 37.8 Å². The number of nitrogens with two attached hydrogens (primary N) is 1. The Morgan fingerprint density at radius 1 is 1.38 bits per heavy atom. The monoisotopic (exact) mass is 290 g/mol. The topological polar surface area (TPSA) is 55.6 Å². The SMILES string of the molecule is CC(C)Oc1ccccc1C(=O)N1CCC(N)C(C)(C)C1. The van der Waals surface area contributed by atoms with Crippen molar-refractivity contribution in [3.8, 4) is 5.75 Å². The number of ether oxygens (including phenoxy) is 1. The number of nitrogens with zero attached hydrogens (tertiary/aromatic N) is 1. The van der Waals surface area contributed by atoms with Crippen molar-refractivity contribution in [3.63, 3.8) is 0 Å². The van der Waals surface area contributed by atoms with Gasteiger partial charge in [-0.1, -0.05) is 26.0 Å². The molecule has 0 radical (unpaired) electrons. The second-order valence-electron chi connectivity index (χ2n) is 6.77. The lowest BCUT2D eigenvalue weighted by atomic mass is 9.79. The Bertz CT molecular complexity index is 511. The van der Waals surface area contributed by atoms with Crippen LogP contribution < -0.4 is 10.5 Å². The fourth-order valence-electron chi connectivity index (χ4n) is 2.72. The van der Waals surface area contributed by atoms with E-state index in [1.165, 1.54) is 0 Å². The first-order valence-electron chi connectivity index (χ1n) is 7.62. The van der Waals surface area contributed by atoms with Crippen molar-refractivity contribution in [2.45, 2.75) is 46.3 Å². The summed E-state index contributed by atoms with van der Waals surface area (Å²) in [4.78, 5) is 14.7. The van der Waals surface area contributed by atoms with Crippen LogP contribution in [-0.4, -0.2) is 36.0 Å². The predicted molar refractivity (Wildman–Crippen MR) is 84.5 cm³/mol. The van der Waals surface area contributed by atoms with Crippen molar-refractivity contribution in [2.75, 3.05) is 13.1 Å². The molecule has 1 saturated heterocycles. The van der Waals surface area contributed by atoms with Crippen LogP contribution >= 0.6 is 0 Å². The minimum atomic E-state index is -0.0538. The van der Waals surface area contributed by atoms with Crippen molar-refractivity contribution in [3.05, 3.63) is 29.8 Å². The fraction of sp³-hybridized carbons (Fsp3) is 0.588. The zero-order valence-corrected chi connectivity index (χ0v) is 13.4. The Hall–Kier alpha value is -1.55. The highest BCUT2D eigenvalue weighted by Crippen LogP contribution is 2.30. The first-order valence-corrected chi connectivity index (χ1v) is 7.62. The van der Waals surface area contributed by atoms with E-state index in [2.05, 4.69) is 13.8 Å². The van der Waals surface area contributed by atoms with Crippen LogP contribution in [-0.2, 0) is 0 Å². The third-order valence-corrected chi connectivity index (χ3v) is 4.08. The number of piperidine rings is 1. The van der Waals surface area contributed by atoms with E-state index in [-0.39, 0.29) is 23.5 Å². The molecule has 0 aliphatic carbocycles. The molecule has 1 unspecified atom stereocenters. The third-order valence-electron chi connectivity index (χ3n) is 4.08. The van der Waals surface area contributed by atoms with Gasteiger partial charge in [-0.15, -0.1) is 0 Å². The fourth-order valence-corrected chi connectivity index (χ4v) is 2.72. The molecule has 0 spiro atoms. The maximum absolute atomic E-state index is 12.8. The number of hydrogen-bond acceptors (Lipinski definition) is 3. The van der Waals surface area contributed by atoms with Gasteiger partial charge in [-0.25, -0.2) is 0 Å². The summed E-state index contributed by atoms with van der Waals surface area (Å²) in [7, 11) is 0. The van der Waals surface area contributed by atoms with Crippen LogP contribution in [0.5, 0.6) is 5.75 Å². The van der Waals surface area contributed by atoms with Crippen LogP contribution in [0.3, 0.4) is 0 Å². The molecular weight excluding hydrogens is 264 g/mol. The minimum absolute atomic E-state index is 0.0335. The van der Waals surface area contributed by atoms with Crippen LogP contribution in [0.15, 0.2) is 24.3 Å². The van der Waals surface area contributed by atoms with E-state index in [1.807, 2.05) is 43.0 Å². The van der Waals surface area contributed by atoms with Gasteiger partial charge in [0.1, 0.15) is 5.75 Å². The number of carbonyl (C=O) groups is 1. The summed E-state index contributed by atoms with van der Waals surface area (Å²) in [5.41, 5.74) is 6.73. The summed E-state index contributed by atoms with van der Waals surface area (Å²) in [5.74, 6) is 0.691. The molecule has 1 fully saturated rings. The number of amides is 1. The van der Waals surface area contributed by atoms with Gasteiger partial charge in [0.25, 0.3) is 5.91 Å². The highest BCUT2D eigenvalue weighted by Gasteiger charge is 2.36. The van der Waals surface area contributed by atoms with Gasteiger partial charge in [0.2, 0.25) is 0 Å².